The molecule has 8 nitrogen and oxygen atoms in total. The summed E-state index contributed by atoms with van der Waals surface area (Å²) in [4.78, 5) is 65.6. The second-order valence-corrected chi connectivity index (χ2v) is 5.83. The van der Waals surface area contributed by atoms with Crippen molar-refractivity contribution in [3.63, 3.8) is 0 Å². The average molecular weight is 344 g/mol. The zero-order valence-electron chi connectivity index (χ0n) is 13.6. The van der Waals surface area contributed by atoms with E-state index in [9.17, 15) is 24.0 Å². The van der Waals surface area contributed by atoms with Crippen molar-refractivity contribution in [2.24, 2.45) is 0 Å². The molecule has 3 rings (SSSR count). The van der Waals surface area contributed by atoms with Gasteiger partial charge in [-0.3, -0.25) is 19.2 Å². The highest BCUT2D eigenvalue weighted by Gasteiger charge is 2.37. The van der Waals surface area contributed by atoms with E-state index in [1.807, 2.05) is 6.92 Å². The van der Waals surface area contributed by atoms with Crippen molar-refractivity contribution < 1.29 is 28.8 Å². The van der Waals surface area contributed by atoms with E-state index in [4.69, 9.17) is 4.84 Å². The Morgan fingerprint density at radius 2 is 1.80 bits per heavy atom. The van der Waals surface area contributed by atoms with Gasteiger partial charge in [-0.25, -0.2) is 4.79 Å². The lowest BCUT2D eigenvalue weighted by atomic mass is 10.1. The van der Waals surface area contributed by atoms with Crippen molar-refractivity contribution in [3.05, 3.63) is 29.3 Å². The molecule has 25 heavy (non-hydrogen) atoms. The zero-order valence-corrected chi connectivity index (χ0v) is 13.6. The summed E-state index contributed by atoms with van der Waals surface area (Å²) in [7, 11) is 0. The van der Waals surface area contributed by atoms with Crippen molar-refractivity contribution in [3.8, 4) is 0 Å². The van der Waals surface area contributed by atoms with E-state index in [0.29, 0.717) is 17.3 Å². The van der Waals surface area contributed by atoms with Gasteiger partial charge in [0.15, 0.2) is 0 Å². The standard InChI is InChI=1S/C17H16N2O6/c1-2-3-8-18-12-5-4-10(9-11(12)15(22)16(18)23)17(24)25-19-13(20)6-7-14(19)21/h4-5,9H,2-3,6-8H2,1H3. The number of hydrogen-bond donors (Lipinski definition) is 0. The van der Waals surface area contributed by atoms with Crippen LogP contribution >= 0.6 is 0 Å². The number of imide groups is 1. The molecule has 0 spiro atoms. The maximum atomic E-state index is 12.2. The molecule has 0 atom stereocenters. The first-order chi connectivity index (χ1) is 11.9. The van der Waals surface area contributed by atoms with Crippen LogP contribution in [0.5, 0.6) is 0 Å². The van der Waals surface area contributed by atoms with Crippen LogP contribution in [0.2, 0.25) is 0 Å². The van der Waals surface area contributed by atoms with Crippen LogP contribution in [0.15, 0.2) is 18.2 Å². The molecule has 0 N–H and O–H groups in total. The minimum atomic E-state index is -0.932. The number of carbonyl (C=O) groups is 5. The number of hydroxylamine groups is 2. The number of rotatable bonds is 5. The third kappa shape index (κ3) is 2.90. The molecule has 0 aliphatic carbocycles. The molecule has 0 saturated carbocycles. The Hall–Kier alpha value is -3.03. The highest BCUT2D eigenvalue weighted by Crippen LogP contribution is 2.30. The third-order valence-corrected chi connectivity index (χ3v) is 4.12. The first kappa shape index (κ1) is 16.8. The van der Waals surface area contributed by atoms with Gasteiger partial charge < -0.3 is 9.74 Å². The summed E-state index contributed by atoms with van der Waals surface area (Å²) < 4.78 is 0. The van der Waals surface area contributed by atoms with Crippen molar-refractivity contribution >= 4 is 35.2 Å². The van der Waals surface area contributed by atoms with Crippen molar-refractivity contribution in [1.82, 2.24) is 5.06 Å². The van der Waals surface area contributed by atoms with Crippen LogP contribution in [0.25, 0.3) is 0 Å². The second kappa shape index (κ2) is 6.46. The molecule has 0 unspecified atom stereocenters. The fraction of sp³-hybridized carbons (Fsp3) is 0.353. The van der Waals surface area contributed by atoms with Gasteiger partial charge in [-0.1, -0.05) is 13.3 Å². The number of hydrogen-bond acceptors (Lipinski definition) is 6. The van der Waals surface area contributed by atoms with Gasteiger partial charge in [0, 0.05) is 19.4 Å². The molecule has 0 radical (unpaired) electrons. The topological polar surface area (TPSA) is 101 Å². The van der Waals surface area contributed by atoms with E-state index in [1.165, 1.54) is 23.1 Å². The van der Waals surface area contributed by atoms with E-state index < -0.39 is 29.5 Å². The Labute approximate surface area is 143 Å². The maximum Gasteiger partial charge on any atom is 0.363 e. The van der Waals surface area contributed by atoms with Crippen molar-refractivity contribution in [2.45, 2.75) is 32.6 Å². The summed E-state index contributed by atoms with van der Waals surface area (Å²) in [5.41, 5.74) is 0.563. The normalized spacial score (nSPS) is 16.7. The molecule has 1 aromatic carbocycles. The number of carbonyl (C=O) groups excluding carboxylic acids is 5. The number of Topliss-reactive ketones (excluding diaryl/α,β-unsaturated/α-hetero) is 1. The summed E-state index contributed by atoms with van der Waals surface area (Å²) in [6.45, 7) is 2.40. The first-order valence-electron chi connectivity index (χ1n) is 8.02. The molecule has 3 amide bonds. The van der Waals surface area contributed by atoms with E-state index in [0.717, 1.165) is 12.8 Å². The number of nitrogens with zero attached hydrogens (tertiary/aromatic N) is 2. The van der Waals surface area contributed by atoms with E-state index in [-0.39, 0.29) is 24.0 Å². The molecule has 1 aromatic rings. The highest BCUT2D eigenvalue weighted by atomic mass is 16.7. The molecule has 8 heteroatoms. The average Bonchev–Trinajstić information content (AvgIpc) is 3.04. The van der Waals surface area contributed by atoms with Crippen LogP contribution in [0.3, 0.4) is 0 Å². The van der Waals surface area contributed by atoms with E-state index in [1.54, 1.807) is 0 Å². The minimum Gasteiger partial charge on any atom is -0.325 e. The monoisotopic (exact) mass is 344 g/mol. The van der Waals surface area contributed by atoms with Crippen LogP contribution < -0.4 is 4.90 Å². The number of benzene rings is 1. The summed E-state index contributed by atoms with van der Waals surface area (Å²) >= 11 is 0. The Morgan fingerprint density at radius 1 is 1.12 bits per heavy atom. The molecule has 2 aliphatic heterocycles. The molecular formula is C17H16N2O6. The SMILES string of the molecule is CCCCN1C(=O)C(=O)c2cc(C(=O)ON3C(=O)CCC3=O)ccc21. The number of anilines is 1. The Kier molecular flexibility index (Phi) is 4.35. The summed E-state index contributed by atoms with van der Waals surface area (Å²) in [6.07, 6.45) is 1.61. The van der Waals surface area contributed by atoms with Crippen LogP contribution in [0.1, 0.15) is 53.3 Å². The van der Waals surface area contributed by atoms with E-state index in [2.05, 4.69) is 0 Å². The number of fused-ring (bicyclic) bond motifs is 1. The van der Waals surface area contributed by atoms with Gasteiger partial charge in [0.05, 0.1) is 16.8 Å². The molecule has 130 valence electrons. The second-order valence-electron chi connectivity index (χ2n) is 5.83. The lowest BCUT2D eigenvalue weighted by molar-refractivity contribution is -0.172. The van der Waals surface area contributed by atoms with Crippen LogP contribution in [-0.2, 0) is 19.2 Å². The molecule has 2 aliphatic rings. The van der Waals surface area contributed by atoms with Crippen LogP contribution in [0, 0.1) is 0 Å². The quantitative estimate of drug-likeness (QED) is 0.588. The predicted octanol–water partition coefficient (Wildman–Crippen LogP) is 1.24. The van der Waals surface area contributed by atoms with E-state index >= 15 is 0 Å². The largest absolute Gasteiger partial charge is 0.363 e. The van der Waals surface area contributed by atoms with Gasteiger partial charge in [-0.05, 0) is 24.6 Å². The summed E-state index contributed by atoms with van der Waals surface area (Å²) in [5.74, 6) is -3.42. The Balaban J connectivity index is 1.83. The van der Waals surface area contributed by atoms with Gasteiger partial charge in [0.2, 0.25) is 0 Å². The molecule has 2 heterocycles. The maximum absolute atomic E-state index is 12.2. The molecular weight excluding hydrogens is 328 g/mol. The van der Waals surface area contributed by atoms with Gasteiger partial charge in [0.25, 0.3) is 23.5 Å². The lowest BCUT2D eigenvalue weighted by Gasteiger charge is -2.16. The molecule has 0 aromatic heterocycles. The fourth-order valence-electron chi connectivity index (χ4n) is 2.76. The Morgan fingerprint density at radius 3 is 2.44 bits per heavy atom. The first-order valence-corrected chi connectivity index (χ1v) is 8.02. The fourth-order valence-corrected chi connectivity index (χ4v) is 2.76. The minimum absolute atomic E-state index is 0.00429. The molecule has 0 bridgehead atoms. The molecule has 1 saturated heterocycles. The van der Waals surface area contributed by atoms with Gasteiger partial charge in [-0.2, -0.15) is 0 Å². The zero-order chi connectivity index (χ0) is 18.1. The van der Waals surface area contributed by atoms with Gasteiger partial charge in [-0.15, -0.1) is 5.06 Å². The number of amides is 3. The van der Waals surface area contributed by atoms with Crippen molar-refractivity contribution in [2.75, 3.05) is 11.4 Å². The lowest BCUT2D eigenvalue weighted by Crippen LogP contribution is -2.32. The summed E-state index contributed by atoms with van der Waals surface area (Å²) in [5, 5.41) is 0.441. The molecule has 1 fully saturated rings. The highest BCUT2D eigenvalue weighted by molar-refractivity contribution is 6.52. The van der Waals surface area contributed by atoms with Crippen molar-refractivity contribution in [1.29, 1.82) is 0 Å². The Bertz CT molecular complexity index is 784. The van der Waals surface area contributed by atoms with Crippen LogP contribution in [0.4, 0.5) is 5.69 Å². The smallest absolute Gasteiger partial charge is 0.325 e. The number of ketones is 1. The van der Waals surface area contributed by atoms with Gasteiger partial charge >= 0.3 is 5.97 Å². The summed E-state index contributed by atoms with van der Waals surface area (Å²) in [6, 6.07) is 4.16. The van der Waals surface area contributed by atoms with Gasteiger partial charge in [0.1, 0.15) is 0 Å². The third-order valence-electron chi connectivity index (χ3n) is 4.12. The predicted molar refractivity (Wildman–Crippen MR) is 84.5 cm³/mol. The van der Waals surface area contributed by atoms with Crippen LogP contribution in [-0.4, -0.2) is 41.1 Å². The number of unbranched alkanes of at least 4 members (excludes halogenated alkanes) is 1.